The zero-order chi connectivity index (χ0) is 15.4. The first-order valence-electron chi connectivity index (χ1n) is 6.53. The van der Waals surface area contributed by atoms with E-state index in [1.165, 1.54) is 0 Å². The first-order valence-corrected chi connectivity index (χ1v) is 7.72. The van der Waals surface area contributed by atoms with E-state index in [4.69, 9.17) is 18.0 Å². The van der Waals surface area contributed by atoms with Crippen molar-refractivity contribution in [3.8, 4) is 0 Å². The molecule has 0 spiro atoms. The lowest BCUT2D eigenvalue weighted by Crippen LogP contribution is -2.26. The number of rotatable bonds is 5. The molecule has 1 amide bonds. The Morgan fingerprint density at radius 3 is 2.62 bits per heavy atom. The number of anilines is 1. The Balaban J connectivity index is 2.22. The molecule has 0 aliphatic heterocycles. The van der Waals surface area contributed by atoms with Gasteiger partial charge in [-0.05, 0) is 42.2 Å². The van der Waals surface area contributed by atoms with Gasteiger partial charge in [-0.15, -0.1) is 5.10 Å². The van der Waals surface area contributed by atoms with Crippen LogP contribution in [-0.4, -0.2) is 27.5 Å². The van der Waals surface area contributed by atoms with E-state index >= 15 is 0 Å². The highest BCUT2D eigenvalue weighted by Crippen LogP contribution is 2.20. The maximum absolute atomic E-state index is 12.5. The van der Waals surface area contributed by atoms with Gasteiger partial charge in [0.25, 0.3) is 5.91 Å². The number of hydrogen-bond donors (Lipinski definition) is 1. The highest BCUT2D eigenvalue weighted by Gasteiger charge is 2.20. The number of thiocarbonyl (C=S) groups is 1. The average molecular weight is 320 g/mol. The minimum atomic E-state index is -0.100. The molecule has 2 aromatic rings. The number of benzene rings is 1. The molecule has 7 heteroatoms. The van der Waals surface area contributed by atoms with Crippen LogP contribution in [-0.2, 0) is 6.42 Å². The molecule has 0 bridgehead atoms. The summed E-state index contributed by atoms with van der Waals surface area (Å²) in [6.45, 7) is 2.05. The van der Waals surface area contributed by atoms with Crippen LogP contribution >= 0.6 is 23.8 Å². The number of hydrogen-bond acceptors (Lipinski definition) is 5. The van der Waals surface area contributed by atoms with Crippen molar-refractivity contribution >= 4 is 40.3 Å². The predicted octanol–water partition coefficient (Wildman–Crippen LogP) is 2.40. The predicted molar refractivity (Wildman–Crippen MR) is 89.0 cm³/mol. The topological polar surface area (TPSA) is 72.1 Å². The van der Waals surface area contributed by atoms with Crippen LogP contribution in [0.15, 0.2) is 24.3 Å². The first kappa shape index (κ1) is 15.5. The van der Waals surface area contributed by atoms with Gasteiger partial charge in [0.15, 0.2) is 0 Å². The van der Waals surface area contributed by atoms with E-state index in [2.05, 4.69) is 9.59 Å². The fraction of sp³-hybridized carbons (Fsp3) is 0.286. The molecule has 1 aromatic carbocycles. The third-order valence-corrected chi connectivity index (χ3v) is 4.07. The molecule has 110 valence electrons. The van der Waals surface area contributed by atoms with E-state index in [-0.39, 0.29) is 5.91 Å². The first-order chi connectivity index (χ1) is 10.0. The second kappa shape index (κ2) is 6.73. The summed E-state index contributed by atoms with van der Waals surface area (Å²) in [6, 6.07) is 7.25. The average Bonchev–Trinajstić information content (AvgIpc) is 2.94. The molecule has 1 aromatic heterocycles. The fourth-order valence-electron chi connectivity index (χ4n) is 1.89. The van der Waals surface area contributed by atoms with Crippen molar-refractivity contribution < 1.29 is 4.79 Å². The lowest BCUT2D eigenvalue weighted by atomic mass is 10.2. The third-order valence-electron chi connectivity index (χ3n) is 3.08. The molecule has 0 fully saturated rings. The molecule has 5 nitrogen and oxygen atoms in total. The Kier molecular flexibility index (Phi) is 4.98. The van der Waals surface area contributed by atoms with Gasteiger partial charge >= 0.3 is 0 Å². The van der Waals surface area contributed by atoms with E-state index < -0.39 is 0 Å². The van der Waals surface area contributed by atoms with Crippen LogP contribution < -0.4 is 10.6 Å². The standard InChI is InChI=1S/C14H16N4OS2/c1-3-4-11-12(21-17-16-11)14(19)18(2)10-7-5-9(6-8-10)13(15)20/h5-8H,3-4H2,1-2H3,(H2,15,20). The number of carbonyl (C=O) groups is 1. The molecule has 0 aliphatic rings. The normalized spacial score (nSPS) is 10.4. The van der Waals surface area contributed by atoms with Crippen LogP contribution in [0.1, 0.15) is 34.3 Å². The highest BCUT2D eigenvalue weighted by atomic mass is 32.1. The van der Waals surface area contributed by atoms with Crippen molar-refractivity contribution in [2.24, 2.45) is 5.73 Å². The maximum atomic E-state index is 12.5. The van der Waals surface area contributed by atoms with Crippen molar-refractivity contribution in [1.82, 2.24) is 9.59 Å². The van der Waals surface area contributed by atoms with E-state index in [0.717, 1.165) is 41.3 Å². The summed E-state index contributed by atoms with van der Waals surface area (Å²) in [5.41, 5.74) is 7.88. The monoisotopic (exact) mass is 320 g/mol. The summed E-state index contributed by atoms with van der Waals surface area (Å²) < 4.78 is 3.89. The molecule has 0 saturated heterocycles. The largest absolute Gasteiger partial charge is 0.389 e. The molecule has 2 rings (SSSR count). The highest BCUT2D eigenvalue weighted by molar-refractivity contribution is 7.80. The van der Waals surface area contributed by atoms with Crippen LogP contribution in [0.2, 0.25) is 0 Å². The van der Waals surface area contributed by atoms with Crippen molar-refractivity contribution in [1.29, 1.82) is 0 Å². The zero-order valence-corrected chi connectivity index (χ0v) is 13.5. The van der Waals surface area contributed by atoms with Crippen LogP contribution in [0.25, 0.3) is 0 Å². The fourth-order valence-corrected chi connectivity index (χ4v) is 2.71. The van der Waals surface area contributed by atoms with E-state index in [1.54, 1.807) is 24.1 Å². The minimum Gasteiger partial charge on any atom is -0.389 e. The van der Waals surface area contributed by atoms with Crippen LogP contribution in [0, 0.1) is 0 Å². The summed E-state index contributed by atoms with van der Waals surface area (Å²) in [5.74, 6) is -0.100. The van der Waals surface area contributed by atoms with Gasteiger partial charge in [0, 0.05) is 18.3 Å². The van der Waals surface area contributed by atoms with E-state index in [9.17, 15) is 4.79 Å². The molecule has 1 heterocycles. The van der Waals surface area contributed by atoms with E-state index in [1.807, 2.05) is 19.1 Å². The lowest BCUT2D eigenvalue weighted by molar-refractivity contribution is 0.0996. The van der Waals surface area contributed by atoms with Crippen molar-refractivity contribution in [3.63, 3.8) is 0 Å². The Morgan fingerprint density at radius 1 is 1.38 bits per heavy atom. The van der Waals surface area contributed by atoms with Gasteiger partial charge in [-0.2, -0.15) is 0 Å². The van der Waals surface area contributed by atoms with Gasteiger partial charge in [0.1, 0.15) is 9.87 Å². The second-order valence-electron chi connectivity index (χ2n) is 4.57. The third kappa shape index (κ3) is 3.43. The minimum absolute atomic E-state index is 0.100. The van der Waals surface area contributed by atoms with Gasteiger partial charge in [0.2, 0.25) is 0 Å². The number of aryl methyl sites for hydroxylation is 1. The van der Waals surface area contributed by atoms with Gasteiger partial charge in [0.05, 0.1) is 5.69 Å². The molecule has 0 unspecified atom stereocenters. The van der Waals surface area contributed by atoms with E-state index in [0.29, 0.717) is 9.87 Å². The summed E-state index contributed by atoms with van der Waals surface area (Å²) in [5, 5.41) is 4.03. The van der Waals surface area contributed by atoms with Gasteiger partial charge in [-0.1, -0.05) is 30.1 Å². The number of aromatic nitrogens is 2. The number of nitrogens with zero attached hydrogens (tertiary/aromatic N) is 3. The van der Waals surface area contributed by atoms with Gasteiger partial charge in [-0.25, -0.2) is 0 Å². The Morgan fingerprint density at radius 2 is 2.05 bits per heavy atom. The van der Waals surface area contributed by atoms with Gasteiger partial charge in [-0.3, -0.25) is 4.79 Å². The summed E-state index contributed by atoms with van der Waals surface area (Å²) >= 11 is 6.05. The number of nitrogens with two attached hydrogens (primary N) is 1. The Labute approximate surface area is 132 Å². The quantitative estimate of drug-likeness (QED) is 0.857. The van der Waals surface area contributed by atoms with Crippen molar-refractivity contribution in [2.45, 2.75) is 19.8 Å². The number of amides is 1. The van der Waals surface area contributed by atoms with Crippen molar-refractivity contribution in [2.75, 3.05) is 11.9 Å². The summed E-state index contributed by atoms with van der Waals surface area (Å²) in [6.07, 6.45) is 1.68. The molecule has 0 saturated carbocycles. The molecule has 0 radical (unpaired) electrons. The van der Waals surface area contributed by atoms with Crippen LogP contribution in [0.5, 0.6) is 0 Å². The molecule has 0 aliphatic carbocycles. The molecule has 2 N–H and O–H groups in total. The Hall–Kier alpha value is -1.86. The Bertz CT molecular complexity index is 651. The smallest absolute Gasteiger partial charge is 0.271 e. The maximum Gasteiger partial charge on any atom is 0.271 e. The van der Waals surface area contributed by atoms with Crippen LogP contribution in [0.3, 0.4) is 0 Å². The van der Waals surface area contributed by atoms with Crippen LogP contribution in [0.4, 0.5) is 5.69 Å². The molecular formula is C14H16N4OS2. The molecule has 21 heavy (non-hydrogen) atoms. The van der Waals surface area contributed by atoms with Crippen molar-refractivity contribution in [3.05, 3.63) is 40.4 Å². The van der Waals surface area contributed by atoms with Gasteiger partial charge < -0.3 is 10.6 Å². The summed E-state index contributed by atoms with van der Waals surface area (Å²) in [7, 11) is 1.73. The number of carbonyl (C=O) groups excluding carboxylic acids is 1. The lowest BCUT2D eigenvalue weighted by Gasteiger charge is -2.17. The molecular weight excluding hydrogens is 304 g/mol. The zero-order valence-electron chi connectivity index (χ0n) is 11.9. The molecule has 0 atom stereocenters. The summed E-state index contributed by atoms with van der Waals surface area (Å²) in [4.78, 5) is 15.0. The second-order valence-corrected chi connectivity index (χ2v) is 5.77. The SMILES string of the molecule is CCCc1nnsc1C(=O)N(C)c1ccc(C(N)=S)cc1.